The first-order valence-electron chi connectivity index (χ1n) is 7.12. The minimum Gasteiger partial charge on any atom is -0.353 e. The molecule has 0 aliphatic carbocycles. The lowest BCUT2D eigenvalue weighted by Crippen LogP contribution is -2.16. The number of sulfonamides is 1. The fourth-order valence-electron chi connectivity index (χ4n) is 1.90. The quantitative estimate of drug-likeness (QED) is 0.806. The molecule has 0 spiro atoms. The van der Waals surface area contributed by atoms with Gasteiger partial charge in [-0.3, -0.25) is 4.72 Å². The van der Waals surface area contributed by atoms with Crippen molar-refractivity contribution in [2.75, 3.05) is 15.8 Å². The molecule has 0 saturated heterocycles. The van der Waals surface area contributed by atoms with Gasteiger partial charge in [0.05, 0.1) is 11.4 Å². The van der Waals surface area contributed by atoms with Crippen molar-refractivity contribution in [1.29, 1.82) is 0 Å². The molecule has 0 amide bonds. The standard InChI is InChI=1S/C16H19FN2O2S/c1-2-3-12-22(20,21)19-14-10-8-13(9-11-14)18-16-7-5-4-6-15(16)17/h4-11,18-19H,2-3,12H2,1H3. The summed E-state index contributed by atoms with van der Waals surface area (Å²) in [5.41, 5.74) is 1.55. The van der Waals surface area contributed by atoms with Gasteiger partial charge in [0.25, 0.3) is 0 Å². The number of nitrogens with one attached hydrogen (secondary N) is 2. The molecule has 0 radical (unpaired) electrons. The van der Waals surface area contributed by atoms with E-state index in [1.54, 1.807) is 42.5 Å². The monoisotopic (exact) mass is 322 g/mol. The molecule has 6 heteroatoms. The molecule has 0 aromatic heterocycles. The van der Waals surface area contributed by atoms with Crippen LogP contribution in [0.5, 0.6) is 0 Å². The van der Waals surface area contributed by atoms with Crippen LogP contribution in [-0.2, 0) is 10.0 Å². The summed E-state index contributed by atoms with van der Waals surface area (Å²) in [5, 5.41) is 2.94. The zero-order valence-electron chi connectivity index (χ0n) is 12.3. The first kappa shape index (κ1) is 16.3. The van der Waals surface area contributed by atoms with Gasteiger partial charge >= 0.3 is 0 Å². The molecule has 2 aromatic rings. The van der Waals surface area contributed by atoms with Crippen molar-refractivity contribution in [2.45, 2.75) is 19.8 Å². The van der Waals surface area contributed by atoms with E-state index < -0.39 is 10.0 Å². The number of rotatable bonds is 7. The third-order valence-corrected chi connectivity index (χ3v) is 4.45. The van der Waals surface area contributed by atoms with E-state index in [-0.39, 0.29) is 11.6 Å². The Morgan fingerprint density at radius 2 is 1.64 bits per heavy atom. The van der Waals surface area contributed by atoms with Gasteiger partial charge in [-0.1, -0.05) is 25.5 Å². The molecule has 0 unspecified atom stereocenters. The Hall–Kier alpha value is -2.08. The van der Waals surface area contributed by atoms with Crippen molar-refractivity contribution in [3.63, 3.8) is 0 Å². The van der Waals surface area contributed by atoms with Gasteiger partial charge in [-0.2, -0.15) is 0 Å². The predicted octanol–water partition coefficient (Wildman–Crippen LogP) is 4.11. The predicted molar refractivity (Wildman–Crippen MR) is 88.4 cm³/mol. The van der Waals surface area contributed by atoms with Gasteiger partial charge in [0, 0.05) is 11.4 Å². The zero-order valence-corrected chi connectivity index (χ0v) is 13.2. The van der Waals surface area contributed by atoms with Crippen LogP contribution >= 0.6 is 0 Å². The molecule has 0 aliphatic heterocycles. The highest BCUT2D eigenvalue weighted by molar-refractivity contribution is 7.92. The molecule has 4 nitrogen and oxygen atoms in total. The van der Waals surface area contributed by atoms with Gasteiger partial charge in [-0.15, -0.1) is 0 Å². The molecule has 0 aliphatic rings. The van der Waals surface area contributed by atoms with Crippen LogP contribution in [0.2, 0.25) is 0 Å². The SMILES string of the molecule is CCCCS(=O)(=O)Nc1ccc(Nc2ccccc2F)cc1. The molecule has 0 bridgehead atoms. The first-order valence-corrected chi connectivity index (χ1v) is 8.77. The van der Waals surface area contributed by atoms with Crippen molar-refractivity contribution < 1.29 is 12.8 Å². The molecular formula is C16H19FN2O2S. The summed E-state index contributed by atoms with van der Waals surface area (Å²) < 4.78 is 39.7. The summed E-state index contributed by atoms with van der Waals surface area (Å²) in [6.07, 6.45) is 1.45. The highest BCUT2D eigenvalue weighted by Gasteiger charge is 2.09. The van der Waals surface area contributed by atoms with E-state index in [0.717, 1.165) is 6.42 Å². The van der Waals surface area contributed by atoms with Crippen LogP contribution in [0, 0.1) is 5.82 Å². The number of anilines is 3. The number of halogens is 1. The van der Waals surface area contributed by atoms with Crippen molar-refractivity contribution in [2.24, 2.45) is 0 Å². The number of benzene rings is 2. The van der Waals surface area contributed by atoms with E-state index in [1.165, 1.54) is 6.07 Å². The molecule has 0 atom stereocenters. The normalized spacial score (nSPS) is 11.2. The van der Waals surface area contributed by atoms with E-state index in [9.17, 15) is 12.8 Å². The van der Waals surface area contributed by atoms with Crippen LogP contribution < -0.4 is 10.0 Å². The molecule has 0 saturated carbocycles. The van der Waals surface area contributed by atoms with Crippen LogP contribution in [0.1, 0.15) is 19.8 Å². The Balaban J connectivity index is 2.03. The molecule has 22 heavy (non-hydrogen) atoms. The van der Waals surface area contributed by atoms with Crippen LogP contribution in [-0.4, -0.2) is 14.2 Å². The molecule has 2 rings (SSSR count). The first-order chi connectivity index (χ1) is 10.5. The number of hydrogen-bond donors (Lipinski definition) is 2. The fourth-order valence-corrected chi connectivity index (χ4v) is 3.17. The largest absolute Gasteiger partial charge is 0.353 e. The Labute approximate surface area is 130 Å². The topological polar surface area (TPSA) is 58.2 Å². The Kier molecular flexibility index (Phi) is 5.38. The highest BCUT2D eigenvalue weighted by Crippen LogP contribution is 2.21. The number of para-hydroxylation sites is 1. The summed E-state index contributed by atoms with van der Waals surface area (Å²) in [6, 6.07) is 13.1. The van der Waals surface area contributed by atoms with Crippen molar-refractivity contribution in [3.8, 4) is 0 Å². The smallest absolute Gasteiger partial charge is 0.232 e. The second-order valence-corrected chi connectivity index (χ2v) is 6.80. The maximum Gasteiger partial charge on any atom is 0.232 e. The van der Waals surface area contributed by atoms with E-state index in [1.807, 2.05) is 6.92 Å². The lowest BCUT2D eigenvalue weighted by molar-refractivity contribution is 0.598. The van der Waals surface area contributed by atoms with Crippen LogP contribution in [0.3, 0.4) is 0 Å². The molecule has 2 N–H and O–H groups in total. The van der Waals surface area contributed by atoms with Crippen molar-refractivity contribution in [1.82, 2.24) is 0 Å². The lowest BCUT2D eigenvalue weighted by atomic mass is 10.2. The summed E-state index contributed by atoms with van der Waals surface area (Å²) in [4.78, 5) is 0. The molecule has 0 fully saturated rings. The highest BCUT2D eigenvalue weighted by atomic mass is 32.2. The third kappa shape index (κ3) is 4.73. The molecule has 0 heterocycles. The van der Waals surface area contributed by atoms with Gasteiger partial charge in [0.1, 0.15) is 5.82 Å². The van der Waals surface area contributed by atoms with Gasteiger partial charge in [-0.05, 0) is 42.8 Å². The van der Waals surface area contributed by atoms with E-state index in [4.69, 9.17) is 0 Å². The van der Waals surface area contributed by atoms with Crippen LogP contribution in [0.4, 0.5) is 21.5 Å². The molecule has 2 aromatic carbocycles. The average Bonchev–Trinajstić information content (AvgIpc) is 2.49. The Morgan fingerprint density at radius 1 is 1.00 bits per heavy atom. The lowest BCUT2D eigenvalue weighted by Gasteiger charge is -2.10. The second-order valence-electron chi connectivity index (χ2n) is 4.96. The van der Waals surface area contributed by atoms with Crippen LogP contribution in [0.15, 0.2) is 48.5 Å². The number of unbranched alkanes of at least 4 members (excludes halogenated alkanes) is 1. The summed E-state index contributed by atoms with van der Waals surface area (Å²) in [6.45, 7) is 1.94. The van der Waals surface area contributed by atoms with Gasteiger partial charge in [-0.25, -0.2) is 12.8 Å². The average molecular weight is 322 g/mol. The van der Waals surface area contributed by atoms with E-state index >= 15 is 0 Å². The molecular weight excluding hydrogens is 303 g/mol. The third-order valence-electron chi connectivity index (χ3n) is 3.08. The second kappa shape index (κ2) is 7.26. The van der Waals surface area contributed by atoms with Gasteiger partial charge in [0.2, 0.25) is 10.0 Å². The summed E-state index contributed by atoms with van der Waals surface area (Å²) in [5.74, 6) is -0.231. The van der Waals surface area contributed by atoms with Crippen molar-refractivity contribution >= 4 is 27.1 Å². The summed E-state index contributed by atoms with van der Waals surface area (Å²) >= 11 is 0. The van der Waals surface area contributed by atoms with Crippen molar-refractivity contribution in [3.05, 3.63) is 54.3 Å². The zero-order chi connectivity index (χ0) is 16.0. The Bertz CT molecular complexity index is 715. The van der Waals surface area contributed by atoms with Crippen LogP contribution in [0.25, 0.3) is 0 Å². The maximum atomic E-state index is 13.5. The van der Waals surface area contributed by atoms with Gasteiger partial charge < -0.3 is 5.32 Å². The Morgan fingerprint density at radius 3 is 2.27 bits per heavy atom. The maximum absolute atomic E-state index is 13.5. The molecule has 118 valence electrons. The summed E-state index contributed by atoms with van der Waals surface area (Å²) in [7, 11) is -3.31. The minimum absolute atomic E-state index is 0.110. The van der Waals surface area contributed by atoms with Gasteiger partial charge in [0.15, 0.2) is 0 Å². The van der Waals surface area contributed by atoms with E-state index in [0.29, 0.717) is 23.5 Å². The van der Waals surface area contributed by atoms with E-state index in [2.05, 4.69) is 10.0 Å². The fraction of sp³-hybridized carbons (Fsp3) is 0.250. The minimum atomic E-state index is -3.31. The number of hydrogen-bond acceptors (Lipinski definition) is 3.